The fourth-order valence-corrected chi connectivity index (χ4v) is 2.10. The van der Waals surface area contributed by atoms with Crippen LogP contribution in [0.4, 0.5) is 0 Å². The van der Waals surface area contributed by atoms with Crippen LogP contribution in [0.1, 0.15) is 22.3 Å². The van der Waals surface area contributed by atoms with Gasteiger partial charge in [-0.25, -0.2) is 0 Å². The van der Waals surface area contributed by atoms with E-state index < -0.39 is 12.1 Å². The van der Waals surface area contributed by atoms with E-state index in [1.165, 1.54) is 0 Å². The van der Waals surface area contributed by atoms with Crippen LogP contribution in [0.5, 0.6) is 0 Å². The summed E-state index contributed by atoms with van der Waals surface area (Å²) in [5, 5.41) is 8.75. The molecule has 0 saturated carbocycles. The number of carbonyl (C=O) groups excluding carboxylic acids is 1. The van der Waals surface area contributed by atoms with Gasteiger partial charge in [-0.1, -0.05) is 17.7 Å². The molecule has 102 valence electrons. The van der Waals surface area contributed by atoms with Crippen molar-refractivity contribution >= 4 is 11.9 Å². The molecule has 1 atom stereocenters. The zero-order chi connectivity index (χ0) is 13.8. The van der Waals surface area contributed by atoms with Crippen molar-refractivity contribution in [1.82, 2.24) is 4.90 Å². The molecule has 0 radical (unpaired) electrons. The van der Waals surface area contributed by atoms with Crippen LogP contribution in [0.25, 0.3) is 0 Å². The second-order valence-corrected chi connectivity index (χ2v) is 4.71. The second kappa shape index (κ2) is 5.84. The Morgan fingerprint density at radius 3 is 2.68 bits per heavy atom. The van der Waals surface area contributed by atoms with Gasteiger partial charge in [-0.15, -0.1) is 0 Å². The number of amides is 1. The van der Waals surface area contributed by atoms with Crippen molar-refractivity contribution in [2.24, 2.45) is 0 Å². The van der Waals surface area contributed by atoms with E-state index in [1.807, 2.05) is 19.1 Å². The fourth-order valence-electron chi connectivity index (χ4n) is 2.10. The van der Waals surface area contributed by atoms with Gasteiger partial charge in [0.25, 0.3) is 5.91 Å². The first-order valence-electron chi connectivity index (χ1n) is 6.25. The summed E-state index contributed by atoms with van der Waals surface area (Å²) in [5.41, 5.74) is 1.73. The maximum atomic E-state index is 12.3. The molecular weight excluding hydrogens is 246 g/mol. The maximum absolute atomic E-state index is 12.3. The monoisotopic (exact) mass is 263 g/mol. The third-order valence-corrected chi connectivity index (χ3v) is 3.13. The normalized spacial score (nSPS) is 19.2. The minimum Gasteiger partial charge on any atom is -0.481 e. The lowest BCUT2D eigenvalue weighted by atomic mass is 10.1. The molecule has 5 nitrogen and oxygen atoms in total. The minimum atomic E-state index is -0.908. The van der Waals surface area contributed by atoms with E-state index >= 15 is 0 Å². The Kier molecular flexibility index (Phi) is 4.16. The molecule has 1 amide bonds. The smallest absolute Gasteiger partial charge is 0.306 e. The summed E-state index contributed by atoms with van der Waals surface area (Å²) < 4.78 is 5.35. The lowest BCUT2D eigenvalue weighted by molar-refractivity contribution is -0.141. The summed E-state index contributed by atoms with van der Waals surface area (Å²) in [7, 11) is 0. The van der Waals surface area contributed by atoms with Crippen molar-refractivity contribution in [3.63, 3.8) is 0 Å². The molecule has 1 aliphatic heterocycles. The number of aryl methyl sites for hydroxylation is 1. The van der Waals surface area contributed by atoms with Crippen LogP contribution in [0.2, 0.25) is 0 Å². The van der Waals surface area contributed by atoms with Gasteiger partial charge >= 0.3 is 5.97 Å². The van der Waals surface area contributed by atoms with Crippen molar-refractivity contribution in [2.75, 3.05) is 19.7 Å². The number of aliphatic carboxylic acids is 1. The number of nitrogens with zero attached hydrogens (tertiary/aromatic N) is 1. The number of benzene rings is 1. The highest BCUT2D eigenvalue weighted by Gasteiger charge is 2.26. The Labute approximate surface area is 111 Å². The zero-order valence-corrected chi connectivity index (χ0v) is 10.8. The molecule has 1 heterocycles. The molecule has 1 aromatic rings. The average molecular weight is 263 g/mol. The summed E-state index contributed by atoms with van der Waals surface area (Å²) in [6.45, 7) is 3.18. The molecular formula is C14H17NO4. The Morgan fingerprint density at radius 1 is 1.37 bits per heavy atom. The lowest BCUT2D eigenvalue weighted by Crippen LogP contribution is -2.46. The van der Waals surface area contributed by atoms with Crippen molar-refractivity contribution in [3.05, 3.63) is 35.4 Å². The topological polar surface area (TPSA) is 66.8 Å². The number of hydrogen-bond donors (Lipinski definition) is 1. The first kappa shape index (κ1) is 13.5. The summed E-state index contributed by atoms with van der Waals surface area (Å²) >= 11 is 0. The van der Waals surface area contributed by atoms with Crippen LogP contribution in [0, 0.1) is 6.92 Å². The Balaban J connectivity index is 2.02. The van der Waals surface area contributed by atoms with E-state index in [0.717, 1.165) is 5.56 Å². The lowest BCUT2D eigenvalue weighted by Gasteiger charge is -2.32. The fraction of sp³-hybridized carbons (Fsp3) is 0.429. The number of ether oxygens (including phenoxy) is 1. The van der Waals surface area contributed by atoms with Crippen LogP contribution in [-0.4, -0.2) is 47.7 Å². The molecule has 1 aromatic carbocycles. The molecule has 2 rings (SSSR count). The summed E-state index contributed by atoms with van der Waals surface area (Å²) in [6, 6.07) is 7.36. The SMILES string of the molecule is Cc1ccc(C(=O)N2CCOC(CC(=O)O)C2)cc1. The molecule has 0 aromatic heterocycles. The predicted molar refractivity (Wildman–Crippen MR) is 69.1 cm³/mol. The molecule has 19 heavy (non-hydrogen) atoms. The first-order chi connectivity index (χ1) is 9.06. The van der Waals surface area contributed by atoms with E-state index in [2.05, 4.69) is 0 Å². The Hall–Kier alpha value is -1.88. The largest absolute Gasteiger partial charge is 0.481 e. The van der Waals surface area contributed by atoms with Gasteiger partial charge in [0.1, 0.15) is 0 Å². The van der Waals surface area contributed by atoms with Crippen LogP contribution in [0.15, 0.2) is 24.3 Å². The highest BCUT2D eigenvalue weighted by Crippen LogP contribution is 2.13. The zero-order valence-electron chi connectivity index (χ0n) is 10.8. The van der Waals surface area contributed by atoms with Crippen molar-refractivity contribution in [2.45, 2.75) is 19.4 Å². The van der Waals surface area contributed by atoms with Gasteiger partial charge < -0.3 is 14.7 Å². The molecule has 0 aliphatic carbocycles. The number of hydrogen-bond acceptors (Lipinski definition) is 3. The van der Waals surface area contributed by atoms with Crippen LogP contribution < -0.4 is 0 Å². The highest BCUT2D eigenvalue weighted by molar-refractivity contribution is 5.94. The molecule has 5 heteroatoms. The number of carbonyl (C=O) groups is 2. The van der Waals surface area contributed by atoms with Gasteiger partial charge in [0.05, 0.1) is 19.1 Å². The Bertz CT molecular complexity index is 469. The highest BCUT2D eigenvalue weighted by atomic mass is 16.5. The molecule has 1 saturated heterocycles. The summed E-state index contributed by atoms with van der Waals surface area (Å²) in [5.74, 6) is -0.978. The van der Waals surface area contributed by atoms with Crippen LogP contribution >= 0.6 is 0 Å². The van der Waals surface area contributed by atoms with E-state index in [4.69, 9.17) is 9.84 Å². The third kappa shape index (κ3) is 3.54. The Morgan fingerprint density at radius 2 is 2.05 bits per heavy atom. The minimum absolute atomic E-state index is 0.0707. The van der Waals surface area contributed by atoms with Crippen LogP contribution in [-0.2, 0) is 9.53 Å². The predicted octanol–water partition coefficient (Wildman–Crippen LogP) is 1.31. The van der Waals surface area contributed by atoms with Gasteiger partial charge in [0, 0.05) is 18.7 Å². The standard InChI is InChI=1S/C14H17NO4/c1-10-2-4-11(5-3-10)14(18)15-6-7-19-12(9-15)8-13(16)17/h2-5,12H,6-9H2,1H3,(H,16,17). The molecule has 0 spiro atoms. The molecule has 0 bridgehead atoms. The van der Waals surface area contributed by atoms with Gasteiger partial charge in [0.15, 0.2) is 0 Å². The van der Waals surface area contributed by atoms with Crippen molar-refractivity contribution in [3.8, 4) is 0 Å². The van der Waals surface area contributed by atoms with Crippen molar-refractivity contribution < 1.29 is 19.4 Å². The number of carboxylic acids is 1. The van der Waals surface area contributed by atoms with E-state index in [0.29, 0.717) is 25.3 Å². The van der Waals surface area contributed by atoms with Crippen LogP contribution in [0.3, 0.4) is 0 Å². The van der Waals surface area contributed by atoms with E-state index in [-0.39, 0.29) is 12.3 Å². The van der Waals surface area contributed by atoms with Gasteiger partial charge in [-0.2, -0.15) is 0 Å². The van der Waals surface area contributed by atoms with Gasteiger partial charge in [0.2, 0.25) is 0 Å². The van der Waals surface area contributed by atoms with Crippen molar-refractivity contribution in [1.29, 1.82) is 0 Å². The van der Waals surface area contributed by atoms with Gasteiger partial charge in [-0.05, 0) is 19.1 Å². The quantitative estimate of drug-likeness (QED) is 0.893. The van der Waals surface area contributed by atoms with Gasteiger partial charge in [-0.3, -0.25) is 9.59 Å². The summed E-state index contributed by atoms with van der Waals surface area (Å²) in [4.78, 5) is 24.6. The van der Waals surface area contributed by atoms with E-state index in [1.54, 1.807) is 17.0 Å². The molecule has 1 unspecified atom stereocenters. The second-order valence-electron chi connectivity index (χ2n) is 4.71. The molecule has 1 N–H and O–H groups in total. The maximum Gasteiger partial charge on any atom is 0.306 e. The summed E-state index contributed by atoms with van der Waals surface area (Å²) in [6.07, 6.45) is -0.488. The third-order valence-electron chi connectivity index (χ3n) is 3.13. The molecule has 1 fully saturated rings. The average Bonchev–Trinajstić information content (AvgIpc) is 2.38. The molecule has 1 aliphatic rings. The first-order valence-corrected chi connectivity index (χ1v) is 6.25. The number of morpholine rings is 1. The number of rotatable bonds is 3. The van der Waals surface area contributed by atoms with E-state index in [9.17, 15) is 9.59 Å². The number of carboxylic acid groups (broad SMARTS) is 1.